The second kappa shape index (κ2) is 5.02. The monoisotopic (exact) mass is 271 g/mol. The van der Waals surface area contributed by atoms with Gasteiger partial charge < -0.3 is 9.84 Å². The van der Waals surface area contributed by atoms with Gasteiger partial charge in [-0.25, -0.2) is 0 Å². The molecule has 1 atom stereocenters. The topological polar surface area (TPSA) is 51.0 Å². The molecule has 3 rings (SSSR count). The van der Waals surface area contributed by atoms with E-state index in [-0.39, 0.29) is 11.5 Å². The number of nitrogens with zero attached hydrogens (tertiary/aromatic N) is 2. The number of aryl methyl sites for hydroxylation is 1. The van der Waals surface area contributed by atoms with Crippen molar-refractivity contribution in [2.45, 2.75) is 39.7 Å². The van der Waals surface area contributed by atoms with Gasteiger partial charge in [0.05, 0.1) is 6.04 Å². The number of benzene rings is 1. The third kappa shape index (κ3) is 2.36. The Morgan fingerprint density at radius 3 is 2.85 bits per heavy atom. The lowest BCUT2D eigenvalue weighted by atomic mass is 9.77. The number of hydrogen-bond acceptors (Lipinski definition) is 4. The molecule has 2 heterocycles. The average Bonchev–Trinajstić information content (AvgIpc) is 2.88. The largest absolute Gasteiger partial charge is 0.337 e. The number of piperidine rings is 1. The molecule has 106 valence electrons. The Labute approximate surface area is 119 Å². The van der Waals surface area contributed by atoms with Crippen LogP contribution in [0.15, 0.2) is 28.8 Å². The molecule has 0 spiro atoms. The van der Waals surface area contributed by atoms with Gasteiger partial charge in [-0.05, 0) is 37.3 Å². The summed E-state index contributed by atoms with van der Waals surface area (Å²) >= 11 is 0. The summed E-state index contributed by atoms with van der Waals surface area (Å²) in [6.45, 7) is 7.58. The standard InChI is InChI=1S/C16H21N3O/c1-11-7-4-5-8-12(11)14-18-15(20-19-14)13-16(2,3)9-6-10-17-13/h4-5,7-8,13,17H,6,9-10H2,1-3H3. The molecule has 0 amide bonds. The van der Waals surface area contributed by atoms with Crippen molar-refractivity contribution in [1.29, 1.82) is 0 Å². The van der Waals surface area contributed by atoms with E-state index in [0.29, 0.717) is 11.7 Å². The molecule has 1 unspecified atom stereocenters. The van der Waals surface area contributed by atoms with Gasteiger partial charge in [0.1, 0.15) is 0 Å². The van der Waals surface area contributed by atoms with Gasteiger partial charge in [-0.15, -0.1) is 0 Å². The second-order valence-corrected chi connectivity index (χ2v) is 6.25. The number of aromatic nitrogens is 2. The van der Waals surface area contributed by atoms with Crippen LogP contribution < -0.4 is 5.32 Å². The van der Waals surface area contributed by atoms with E-state index < -0.39 is 0 Å². The molecule has 4 heteroatoms. The number of nitrogens with one attached hydrogen (secondary N) is 1. The van der Waals surface area contributed by atoms with E-state index in [2.05, 4.69) is 42.3 Å². The van der Waals surface area contributed by atoms with Crippen LogP contribution in [-0.2, 0) is 0 Å². The zero-order valence-electron chi connectivity index (χ0n) is 12.3. The van der Waals surface area contributed by atoms with Crippen LogP contribution in [0.3, 0.4) is 0 Å². The molecule has 20 heavy (non-hydrogen) atoms. The molecule has 1 saturated heterocycles. The van der Waals surface area contributed by atoms with Gasteiger partial charge in [0.2, 0.25) is 11.7 Å². The minimum Gasteiger partial charge on any atom is -0.337 e. The fourth-order valence-corrected chi connectivity index (χ4v) is 2.92. The fraction of sp³-hybridized carbons (Fsp3) is 0.500. The van der Waals surface area contributed by atoms with Crippen LogP contribution in [-0.4, -0.2) is 16.7 Å². The average molecular weight is 271 g/mol. The van der Waals surface area contributed by atoms with Gasteiger partial charge in [-0.3, -0.25) is 0 Å². The van der Waals surface area contributed by atoms with Gasteiger partial charge in [0.15, 0.2) is 0 Å². The molecule has 1 aromatic heterocycles. The lowest BCUT2D eigenvalue weighted by Crippen LogP contribution is -2.39. The Kier molecular flexibility index (Phi) is 3.34. The van der Waals surface area contributed by atoms with Crippen molar-refractivity contribution in [1.82, 2.24) is 15.5 Å². The van der Waals surface area contributed by atoms with Crippen molar-refractivity contribution in [2.24, 2.45) is 5.41 Å². The predicted molar refractivity (Wildman–Crippen MR) is 78.2 cm³/mol. The summed E-state index contributed by atoms with van der Waals surface area (Å²) in [5.41, 5.74) is 2.35. The second-order valence-electron chi connectivity index (χ2n) is 6.25. The third-order valence-electron chi connectivity index (χ3n) is 4.20. The van der Waals surface area contributed by atoms with Crippen LogP contribution in [0.2, 0.25) is 0 Å². The minimum absolute atomic E-state index is 0.140. The normalized spacial score (nSPS) is 21.9. The van der Waals surface area contributed by atoms with E-state index in [1.165, 1.54) is 12.8 Å². The zero-order chi connectivity index (χ0) is 14.2. The van der Waals surface area contributed by atoms with Crippen molar-refractivity contribution < 1.29 is 4.52 Å². The van der Waals surface area contributed by atoms with Crippen molar-refractivity contribution in [3.05, 3.63) is 35.7 Å². The van der Waals surface area contributed by atoms with Crippen LogP contribution in [0.25, 0.3) is 11.4 Å². The van der Waals surface area contributed by atoms with E-state index in [1.807, 2.05) is 18.2 Å². The fourth-order valence-electron chi connectivity index (χ4n) is 2.92. The van der Waals surface area contributed by atoms with Crippen molar-refractivity contribution in [3.8, 4) is 11.4 Å². The highest BCUT2D eigenvalue weighted by Gasteiger charge is 2.37. The molecule has 1 aliphatic rings. The van der Waals surface area contributed by atoms with Gasteiger partial charge in [-0.1, -0.05) is 43.3 Å². The summed E-state index contributed by atoms with van der Waals surface area (Å²) in [6, 6.07) is 8.26. The summed E-state index contributed by atoms with van der Waals surface area (Å²) in [5, 5.41) is 7.67. The molecule has 4 nitrogen and oxygen atoms in total. The Morgan fingerprint density at radius 2 is 2.10 bits per heavy atom. The summed E-state index contributed by atoms with van der Waals surface area (Å²) in [7, 11) is 0. The molecule has 1 aliphatic heterocycles. The van der Waals surface area contributed by atoms with E-state index in [9.17, 15) is 0 Å². The molecule has 1 fully saturated rings. The van der Waals surface area contributed by atoms with Crippen molar-refractivity contribution >= 4 is 0 Å². The Balaban J connectivity index is 1.92. The van der Waals surface area contributed by atoms with Gasteiger partial charge >= 0.3 is 0 Å². The molecule has 0 aliphatic carbocycles. The summed E-state index contributed by atoms with van der Waals surface area (Å²) in [6.07, 6.45) is 2.37. The molecular formula is C16H21N3O. The molecule has 2 aromatic rings. The Morgan fingerprint density at radius 1 is 1.30 bits per heavy atom. The summed E-state index contributed by atoms with van der Waals surface area (Å²) in [4.78, 5) is 4.62. The van der Waals surface area contributed by atoms with Gasteiger partial charge in [0, 0.05) is 5.56 Å². The van der Waals surface area contributed by atoms with E-state index in [1.54, 1.807) is 0 Å². The van der Waals surface area contributed by atoms with Crippen LogP contribution >= 0.6 is 0 Å². The third-order valence-corrected chi connectivity index (χ3v) is 4.20. The lowest BCUT2D eigenvalue weighted by molar-refractivity contribution is 0.146. The SMILES string of the molecule is Cc1ccccc1-c1noc(C2NCCCC2(C)C)n1. The maximum atomic E-state index is 5.53. The highest BCUT2D eigenvalue weighted by molar-refractivity contribution is 5.59. The Hall–Kier alpha value is -1.68. The van der Waals surface area contributed by atoms with Gasteiger partial charge in [-0.2, -0.15) is 4.98 Å². The zero-order valence-corrected chi connectivity index (χ0v) is 12.3. The molecule has 0 saturated carbocycles. The van der Waals surface area contributed by atoms with E-state index in [0.717, 1.165) is 17.7 Å². The minimum atomic E-state index is 0.140. The quantitative estimate of drug-likeness (QED) is 0.908. The predicted octanol–water partition coefficient (Wildman–Crippen LogP) is 3.50. The summed E-state index contributed by atoms with van der Waals surface area (Å²) in [5.74, 6) is 1.38. The lowest BCUT2D eigenvalue weighted by Gasteiger charge is -2.36. The van der Waals surface area contributed by atoms with Crippen LogP contribution in [0, 0.1) is 12.3 Å². The summed E-state index contributed by atoms with van der Waals surface area (Å²) < 4.78 is 5.53. The first-order chi connectivity index (χ1) is 9.58. The number of rotatable bonds is 2. The molecule has 1 N–H and O–H groups in total. The molecule has 1 aromatic carbocycles. The molecule has 0 bridgehead atoms. The van der Waals surface area contributed by atoms with Crippen molar-refractivity contribution in [3.63, 3.8) is 0 Å². The van der Waals surface area contributed by atoms with E-state index in [4.69, 9.17) is 4.52 Å². The smallest absolute Gasteiger partial charge is 0.244 e. The molecule has 0 radical (unpaired) electrons. The first-order valence-corrected chi connectivity index (χ1v) is 7.21. The Bertz CT molecular complexity index is 603. The number of hydrogen-bond donors (Lipinski definition) is 1. The van der Waals surface area contributed by atoms with Crippen LogP contribution in [0.5, 0.6) is 0 Å². The van der Waals surface area contributed by atoms with Crippen LogP contribution in [0.1, 0.15) is 44.2 Å². The maximum absolute atomic E-state index is 5.53. The first-order valence-electron chi connectivity index (χ1n) is 7.21. The maximum Gasteiger partial charge on any atom is 0.244 e. The molecular weight excluding hydrogens is 250 g/mol. The van der Waals surface area contributed by atoms with Crippen LogP contribution in [0.4, 0.5) is 0 Å². The highest BCUT2D eigenvalue weighted by atomic mass is 16.5. The first kappa shape index (κ1) is 13.3. The van der Waals surface area contributed by atoms with Crippen molar-refractivity contribution in [2.75, 3.05) is 6.54 Å². The van der Waals surface area contributed by atoms with E-state index >= 15 is 0 Å². The van der Waals surface area contributed by atoms with Gasteiger partial charge in [0.25, 0.3) is 0 Å². The highest BCUT2D eigenvalue weighted by Crippen LogP contribution is 2.39.